The fourth-order valence-electron chi connectivity index (χ4n) is 3.25. The van der Waals surface area contributed by atoms with Gasteiger partial charge in [-0.05, 0) is 44.2 Å². The highest BCUT2D eigenvalue weighted by Gasteiger charge is 2.24. The van der Waals surface area contributed by atoms with E-state index >= 15 is 0 Å². The van der Waals surface area contributed by atoms with Crippen LogP contribution in [-0.4, -0.2) is 59.5 Å². The van der Waals surface area contributed by atoms with Crippen LogP contribution in [0.4, 0.5) is 5.69 Å². The molecule has 1 aromatic rings. The Bertz CT molecular complexity index is 557. The number of hydrogen-bond acceptors (Lipinski definition) is 4. The van der Waals surface area contributed by atoms with Gasteiger partial charge in [-0.15, -0.1) is 24.0 Å². The average molecular weight is 490 g/mol. The van der Waals surface area contributed by atoms with Crippen LogP contribution in [0.25, 0.3) is 0 Å². The third-order valence-electron chi connectivity index (χ3n) is 4.71. The summed E-state index contributed by atoms with van der Waals surface area (Å²) in [5, 5.41) is 6.84. The lowest BCUT2D eigenvalue weighted by Gasteiger charge is -2.21. The highest BCUT2D eigenvalue weighted by atomic mass is 127. The molecular weight excluding hydrogens is 455 g/mol. The Hall–Kier alpha value is -1.22. The summed E-state index contributed by atoms with van der Waals surface area (Å²) in [6, 6.07) is 8.25. The van der Waals surface area contributed by atoms with Crippen molar-refractivity contribution in [2.45, 2.75) is 26.2 Å². The predicted molar refractivity (Wildman–Crippen MR) is 124 cm³/mol. The van der Waals surface area contributed by atoms with Crippen LogP contribution in [0.5, 0.6) is 5.75 Å². The fourth-order valence-corrected chi connectivity index (χ4v) is 3.25. The molecule has 1 unspecified atom stereocenters. The van der Waals surface area contributed by atoms with Crippen molar-refractivity contribution in [1.82, 2.24) is 10.6 Å². The van der Waals surface area contributed by atoms with Crippen LogP contribution in [-0.2, 0) is 4.74 Å². The first-order valence-electron chi connectivity index (χ1n) is 9.68. The minimum atomic E-state index is 0. The Morgan fingerprint density at radius 1 is 1.26 bits per heavy atom. The number of methoxy groups -OCH3 is 1. The standard InChI is InChI=1S/C20H34N4O2.HI/c1-4-26-14-8-7-12-22-20(21-2)23-15-17-11-13-24(16-17)18-9-5-6-10-19(18)25-3;/h5-6,9-10,17H,4,7-8,11-16H2,1-3H3,(H2,21,22,23);1H. The van der Waals surface area contributed by atoms with Gasteiger partial charge in [0.15, 0.2) is 5.96 Å². The molecule has 0 aromatic heterocycles. The van der Waals surface area contributed by atoms with Crippen LogP contribution >= 0.6 is 24.0 Å². The molecule has 1 aliphatic rings. The molecule has 1 heterocycles. The topological polar surface area (TPSA) is 58.1 Å². The van der Waals surface area contributed by atoms with Gasteiger partial charge in [0, 0.05) is 46.4 Å². The molecule has 2 N–H and O–H groups in total. The quantitative estimate of drug-likeness (QED) is 0.229. The molecule has 0 radical (unpaired) electrons. The smallest absolute Gasteiger partial charge is 0.190 e. The summed E-state index contributed by atoms with van der Waals surface area (Å²) in [4.78, 5) is 6.73. The number of benzene rings is 1. The summed E-state index contributed by atoms with van der Waals surface area (Å²) in [6.45, 7) is 7.63. The van der Waals surface area contributed by atoms with E-state index in [2.05, 4.69) is 32.7 Å². The number of guanidine groups is 1. The zero-order valence-electron chi connectivity index (χ0n) is 16.9. The maximum absolute atomic E-state index is 5.49. The zero-order chi connectivity index (χ0) is 18.6. The summed E-state index contributed by atoms with van der Waals surface area (Å²) in [5.74, 6) is 2.44. The molecule has 1 aromatic carbocycles. The number of aliphatic imine (C=N–C) groups is 1. The molecule has 1 fully saturated rings. The molecule has 0 spiro atoms. The predicted octanol–water partition coefficient (Wildman–Crippen LogP) is 3.12. The van der Waals surface area contributed by atoms with Crippen molar-refractivity contribution in [3.8, 4) is 5.75 Å². The third-order valence-corrected chi connectivity index (χ3v) is 4.71. The molecule has 7 heteroatoms. The van der Waals surface area contributed by atoms with Crippen LogP contribution < -0.4 is 20.3 Å². The number of halogens is 1. The number of rotatable bonds is 10. The number of unbranched alkanes of at least 4 members (excludes halogenated alkanes) is 1. The summed E-state index contributed by atoms with van der Waals surface area (Å²) in [7, 11) is 3.56. The summed E-state index contributed by atoms with van der Waals surface area (Å²) in [6.07, 6.45) is 3.34. The van der Waals surface area contributed by atoms with Crippen LogP contribution in [0.2, 0.25) is 0 Å². The van der Waals surface area contributed by atoms with Gasteiger partial charge in [-0.25, -0.2) is 0 Å². The van der Waals surface area contributed by atoms with Crippen molar-refractivity contribution in [2.24, 2.45) is 10.9 Å². The van der Waals surface area contributed by atoms with Gasteiger partial charge in [0.05, 0.1) is 12.8 Å². The number of anilines is 1. The van der Waals surface area contributed by atoms with Gasteiger partial charge in [-0.1, -0.05) is 12.1 Å². The molecule has 0 amide bonds. The van der Waals surface area contributed by atoms with Gasteiger partial charge >= 0.3 is 0 Å². The van der Waals surface area contributed by atoms with E-state index in [0.717, 1.165) is 63.9 Å². The molecule has 0 saturated carbocycles. The van der Waals surface area contributed by atoms with Gasteiger partial charge < -0.3 is 25.0 Å². The summed E-state index contributed by atoms with van der Waals surface area (Å²) in [5.41, 5.74) is 1.19. The summed E-state index contributed by atoms with van der Waals surface area (Å²) < 4.78 is 10.9. The van der Waals surface area contributed by atoms with E-state index in [1.165, 1.54) is 12.1 Å². The van der Waals surface area contributed by atoms with Crippen LogP contribution in [0, 0.1) is 5.92 Å². The molecule has 1 saturated heterocycles. The lowest BCUT2D eigenvalue weighted by molar-refractivity contribution is 0.143. The van der Waals surface area contributed by atoms with Gasteiger partial charge in [0.2, 0.25) is 0 Å². The highest BCUT2D eigenvalue weighted by molar-refractivity contribution is 14.0. The van der Waals surface area contributed by atoms with E-state index < -0.39 is 0 Å². The van der Waals surface area contributed by atoms with Crippen LogP contribution in [0.3, 0.4) is 0 Å². The Morgan fingerprint density at radius 2 is 2.07 bits per heavy atom. The second-order valence-electron chi connectivity index (χ2n) is 6.56. The molecule has 1 atom stereocenters. The minimum Gasteiger partial charge on any atom is -0.495 e. The number of para-hydroxylation sites is 2. The van der Waals surface area contributed by atoms with Crippen LogP contribution in [0.15, 0.2) is 29.3 Å². The van der Waals surface area contributed by atoms with E-state index in [-0.39, 0.29) is 24.0 Å². The molecule has 27 heavy (non-hydrogen) atoms. The first-order chi connectivity index (χ1) is 12.8. The van der Waals surface area contributed by atoms with Gasteiger partial charge in [0.1, 0.15) is 5.75 Å². The largest absolute Gasteiger partial charge is 0.495 e. The number of ether oxygens (including phenoxy) is 2. The monoisotopic (exact) mass is 490 g/mol. The fraction of sp³-hybridized carbons (Fsp3) is 0.650. The van der Waals surface area contributed by atoms with Crippen molar-refractivity contribution in [3.05, 3.63) is 24.3 Å². The van der Waals surface area contributed by atoms with Crippen molar-refractivity contribution in [1.29, 1.82) is 0 Å². The Labute approximate surface area is 181 Å². The number of nitrogens with one attached hydrogen (secondary N) is 2. The lowest BCUT2D eigenvalue weighted by Crippen LogP contribution is -2.40. The van der Waals surface area contributed by atoms with Crippen molar-refractivity contribution >= 4 is 35.6 Å². The normalized spacial score (nSPS) is 16.8. The molecular formula is C20H35IN4O2. The van der Waals surface area contributed by atoms with Crippen molar-refractivity contribution < 1.29 is 9.47 Å². The van der Waals surface area contributed by atoms with Gasteiger partial charge in [-0.2, -0.15) is 0 Å². The minimum absolute atomic E-state index is 0. The highest BCUT2D eigenvalue weighted by Crippen LogP contribution is 2.31. The molecule has 154 valence electrons. The first-order valence-corrected chi connectivity index (χ1v) is 9.68. The van der Waals surface area contributed by atoms with E-state index in [0.29, 0.717) is 5.92 Å². The number of hydrogen-bond donors (Lipinski definition) is 2. The van der Waals surface area contributed by atoms with E-state index in [1.54, 1.807) is 7.11 Å². The summed E-state index contributed by atoms with van der Waals surface area (Å²) >= 11 is 0. The maximum atomic E-state index is 5.49. The Kier molecular flexibility index (Phi) is 12.2. The number of nitrogens with zero attached hydrogens (tertiary/aromatic N) is 2. The molecule has 0 bridgehead atoms. The third kappa shape index (κ3) is 8.13. The molecule has 2 rings (SSSR count). The van der Waals surface area contributed by atoms with E-state index in [9.17, 15) is 0 Å². The molecule has 0 aliphatic carbocycles. The van der Waals surface area contributed by atoms with Crippen molar-refractivity contribution in [2.75, 3.05) is 58.5 Å². The SMILES string of the molecule is CCOCCCCNC(=NC)NCC1CCN(c2ccccc2OC)C1.I. The van der Waals surface area contributed by atoms with E-state index in [1.807, 2.05) is 26.1 Å². The second-order valence-corrected chi connectivity index (χ2v) is 6.56. The zero-order valence-corrected chi connectivity index (χ0v) is 19.2. The Morgan fingerprint density at radius 3 is 2.81 bits per heavy atom. The van der Waals surface area contributed by atoms with Gasteiger partial charge in [-0.3, -0.25) is 4.99 Å². The van der Waals surface area contributed by atoms with Crippen molar-refractivity contribution in [3.63, 3.8) is 0 Å². The molecule has 1 aliphatic heterocycles. The lowest BCUT2D eigenvalue weighted by atomic mass is 10.1. The average Bonchev–Trinajstić information content (AvgIpc) is 3.15. The first kappa shape index (κ1) is 23.8. The van der Waals surface area contributed by atoms with Crippen LogP contribution in [0.1, 0.15) is 26.2 Å². The van der Waals surface area contributed by atoms with Gasteiger partial charge in [0.25, 0.3) is 0 Å². The Balaban J connectivity index is 0.00000364. The van der Waals surface area contributed by atoms with E-state index in [4.69, 9.17) is 9.47 Å². The molecule has 6 nitrogen and oxygen atoms in total. The maximum Gasteiger partial charge on any atom is 0.190 e. The second kappa shape index (κ2) is 13.9.